The molecule has 2 aliphatic heterocycles. The van der Waals surface area contributed by atoms with Crippen LogP contribution >= 0.6 is 12.2 Å². The molecule has 2 aromatic carbocycles. The van der Waals surface area contributed by atoms with Crippen LogP contribution in [0.15, 0.2) is 47.7 Å². The lowest BCUT2D eigenvalue weighted by Crippen LogP contribution is -2.48. The summed E-state index contributed by atoms with van der Waals surface area (Å²) in [6.45, 7) is -0.554. The Hall–Kier alpha value is -3.60. The van der Waals surface area contributed by atoms with Gasteiger partial charge in [0.1, 0.15) is 13.2 Å². The summed E-state index contributed by atoms with van der Waals surface area (Å²) in [7, 11) is 2.57. The molecule has 8 nitrogen and oxygen atoms in total. The molecular weight excluding hydrogens is 470 g/mol. The Bertz CT molecular complexity index is 1160. The Balaban J connectivity index is 1.84. The van der Waals surface area contributed by atoms with E-state index in [9.17, 15) is 13.6 Å². The SMILES string of the molecule is COC(=O)C1=C(C)N(c2ccc3c(c2)OCCO3)C(=S)N[C@H]1c1cccc(OC)c1OC(F)F. The van der Waals surface area contributed by atoms with Crippen molar-refractivity contribution in [2.75, 3.05) is 32.3 Å². The maximum absolute atomic E-state index is 13.2. The molecule has 0 saturated carbocycles. The predicted molar refractivity (Wildman–Crippen MR) is 123 cm³/mol. The quantitative estimate of drug-likeness (QED) is 0.476. The van der Waals surface area contributed by atoms with Crippen LogP contribution in [-0.4, -0.2) is 45.1 Å². The second-order valence-corrected chi connectivity index (χ2v) is 7.68. The van der Waals surface area contributed by atoms with Gasteiger partial charge in [0, 0.05) is 17.3 Å². The fourth-order valence-corrected chi connectivity index (χ4v) is 4.33. The number of esters is 1. The number of ether oxygens (including phenoxy) is 5. The Kier molecular flexibility index (Phi) is 6.73. The summed E-state index contributed by atoms with van der Waals surface area (Å²) in [4.78, 5) is 14.6. The second kappa shape index (κ2) is 9.72. The van der Waals surface area contributed by atoms with E-state index >= 15 is 0 Å². The minimum Gasteiger partial charge on any atom is -0.493 e. The van der Waals surface area contributed by atoms with Crippen LogP contribution in [0.2, 0.25) is 0 Å². The average Bonchev–Trinajstić information content (AvgIpc) is 2.83. The Labute approximate surface area is 200 Å². The number of para-hydroxylation sites is 1. The number of carbonyl (C=O) groups is 1. The van der Waals surface area contributed by atoms with Gasteiger partial charge in [0.15, 0.2) is 28.1 Å². The highest BCUT2D eigenvalue weighted by atomic mass is 32.1. The third-order valence-corrected chi connectivity index (χ3v) is 5.72. The van der Waals surface area contributed by atoms with Gasteiger partial charge < -0.3 is 29.0 Å². The molecular formula is C23H22F2N2O6S. The first-order valence-corrected chi connectivity index (χ1v) is 10.7. The van der Waals surface area contributed by atoms with Crippen molar-refractivity contribution in [2.45, 2.75) is 19.6 Å². The number of methoxy groups -OCH3 is 2. The minimum atomic E-state index is -3.11. The molecule has 0 aromatic heterocycles. The molecule has 0 saturated heterocycles. The molecule has 34 heavy (non-hydrogen) atoms. The molecule has 1 atom stereocenters. The van der Waals surface area contributed by atoms with Crippen LogP contribution in [0.3, 0.4) is 0 Å². The van der Waals surface area contributed by atoms with E-state index in [0.29, 0.717) is 36.1 Å². The topological polar surface area (TPSA) is 78.5 Å². The zero-order valence-corrected chi connectivity index (χ0v) is 19.4. The fraction of sp³-hybridized carbons (Fsp3) is 0.304. The smallest absolute Gasteiger partial charge is 0.387 e. The van der Waals surface area contributed by atoms with Crippen molar-refractivity contribution in [2.24, 2.45) is 0 Å². The fourth-order valence-electron chi connectivity index (χ4n) is 3.97. The number of nitrogens with zero attached hydrogens (tertiary/aromatic N) is 1. The second-order valence-electron chi connectivity index (χ2n) is 7.29. The number of alkyl halides is 2. The Morgan fingerprint density at radius 2 is 1.91 bits per heavy atom. The van der Waals surface area contributed by atoms with E-state index in [1.54, 1.807) is 42.2 Å². The summed E-state index contributed by atoms with van der Waals surface area (Å²) < 4.78 is 52.7. The molecule has 0 unspecified atom stereocenters. The highest BCUT2D eigenvalue weighted by molar-refractivity contribution is 7.80. The van der Waals surface area contributed by atoms with Crippen LogP contribution in [0.25, 0.3) is 0 Å². The highest BCUT2D eigenvalue weighted by Gasteiger charge is 2.38. The van der Waals surface area contributed by atoms with Crippen LogP contribution < -0.4 is 29.2 Å². The van der Waals surface area contributed by atoms with Crippen LogP contribution in [0, 0.1) is 0 Å². The highest BCUT2D eigenvalue weighted by Crippen LogP contribution is 2.43. The lowest BCUT2D eigenvalue weighted by molar-refractivity contribution is -0.136. The van der Waals surface area contributed by atoms with Gasteiger partial charge in [-0.2, -0.15) is 8.78 Å². The van der Waals surface area contributed by atoms with E-state index in [4.69, 9.17) is 35.9 Å². The van der Waals surface area contributed by atoms with Gasteiger partial charge in [0.05, 0.1) is 31.5 Å². The van der Waals surface area contributed by atoms with Crippen molar-refractivity contribution in [1.29, 1.82) is 0 Å². The van der Waals surface area contributed by atoms with Gasteiger partial charge in [-0.3, -0.25) is 4.90 Å². The standard InChI is InChI=1S/C23H22F2N2O6S/c1-12-18(21(28)30-3)19(14-5-4-6-16(29-2)20(14)33-22(24)25)26-23(34)27(12)13-7-8-15-17(11-13)32-10-9-31-15/h4-8,11,19,22H,9-10H2,1-3H3,(H,26,34)/t19-/m0/s1. The number of anilines is 1. The number of rotatable bonds is 6. The van der Waals surface area contributed by atoms with Crippen molar-refractivity contribution >= 4 is 29.0 Å². The Morgan fingerprint density at radius 3 is 2.59 bits per heavy atom. The number of hydrogen-bond donors (Lipinski definition) is 1. The summed E-state index contributed by atoms with van der Waals surface area (Å²) in [6, 6.07) is 8.98. The van der Waals surface area contributed by atoms with Gasteiger partial charge in [-0.15, -0.1) is 0 Å². The molecule has 11 heteroatoms. The molecule has 0 aliphatic carbocycles. The van der Waals surface area contributed by atoms with Crippen molar-refractivity contribution in [3.63, 3.8) is 0 Å². The van der Waals surface area contributed by atoms with Gasteiger partial charge in [-0.05, 0) is 37.3 Å². The van der Waals surface area contributed by atoms with E-state index in [0.717, 1.165) is 0 Å². The van der Waals surface area contributed by atoms with Gasteiger partial charge in [-0.1, -0.05) is 12.1 Å². The molecule has 0 bridgehead atoms. The van der Waals surface area contributed by atoms with Gasteiger partial charge >= 0.3 is 12.6 Å². The molecule has 2 heterocycles. The van der Waals surface area contributed by atoms with Gasteiger partial charge in [0.2, 0.25) is 0 Å². The number of halogens is 2. The molecule has 0 radical (unpaired) electrons. The number of nitrogens with one attached hydrogen (secondary N) is 1. The lowest BCUT2D eigenvalue weighted by atomic mass is 9.93. The molecule has 0 spiro atoms. The third kappa shape index (κ3) is 4.30. The number of allylic oxidation sites excluding steroid dienone is 1. The van der Waals surface area contributed by atoms with Gasteiger partial charge in [-0.25, -0.2) is 4.79 Å². The first kappa shape index (κ1) is 23.6. The molecule has 2 aromatic rings. The number of hydrogen-bond acceptors (Lipinski definition) is 7. The number of thiocarbonyl (C=S) groups is 1. The molecule has 180 valence electrons. The van der Waals surface area contributed by atoms with Gasteiger partial charge in [0.25, 0.3) is 0 Å². The van der Waals surface area contributed by atoms with Crippen molar-refractivity contribution in [3.8, 4) is 23.0 Å². The van der Waals surface area contributed by atoms with Crippen LogP contribution in [0.4, 0.5) is 14.5 Å². The van der Waals surface area contributed by atoms with Crippen LogP contribution in [0.1, 0.15) is 18.5 Å². The molecule has 0 fully saturated rings. The normalized spacial score (nSPS) is 17.4. The van der Waals surface area contributed by atoms with Crippen LogP contribution in [-0.2, 0) is 9.53 Å². The van der Waals surface area contributed by atoms with E-state index in [1.165, 1.54) is 20.3 Å². The molecule has 4 rings (SSSR count). The number of carbonyl (C=O) groups excluding carboxylic acids is 1. The largest absolute Gasteiger partial charge is 0.493 e. The van der Waals surface area contributed by atoms with Crippen molar-refractivity contribution in [3.05, 3.63) is 53.2 Å². The maximum atomic E-state index is 13.2. The summed E-state index contributed by atoms with van der Waals surface area (Å²) >= 11 is 5.62. The minimum absolute atomic E-state index is 0.0849. The van der Waals surface area contributed by atoms with Crippen molar-refractivity contribution < 1.29 is 37.3 Å². The monoisotopic (exact) mass is 492 g/mol. The number of fused-ring (bicyclic) bond motifs is 1. The van der Waals surface area contributed by atoms with E-state index in [-0.39, 0.29) is 27.7 Å². The summed E-state index contributed by atoms with van der Waals surface area (Å²) in [5, 5.41) is 3.30. The first-order chi connectivity index (χ1) is 16.3. The van der Waals surface area contributed by atoms with E-state index in [1.807, 2.05) is 0 Å². The lowest BCUT2D eigenvalue weighted by Gasteiger charge is -2.38. The Morgan fingerprint density at radius 1 is 1.18 bits per heavy atom. The van der Waals surface area contributed by atoms with E-state index in [2.05, 4.69) is 5.32 Å². The summed E-state index contributed by atoms with van der Waals surface area (Å²) in [5.74, 6) is 0.361. The third-order valence-electron chi connectivity index (χ3n) is 5.42. The molecule has 0 amide bonds. The number of benzene rings is 2. The zero-order valence-electron chi connectivity index (χ0n) is 18.6. The summed E-state index contributed by atoms with van der Waals surface area (Å²) in [5.41, 5.74) is 1.47. The molecule has 1 N–H and O–H groups in total. The molecule has 2 aliphatic rings. The summed E-state index contributed by atoms with van der Waals surface area (Å²) in [6.07, 6.45) is 0. The average molecular weight is 493 g/mol. The van der Waals surface area contributed by atoms with Crippen LogP contribution in [0.5, 0.6) is 23.0 Å². The van der Waals surface area contributed by atoms with Crippen molar-refractivity contribution in [1.82, 2.24) is 5.32 Å². The first-order valence-electron chi connectivity index (χ1n) is 10.3. The zero-order chi connectivity index (χ0) is 24.4. The maximum Gasteiger partial charge on any atom is 0.387 e. The van der Waals surface area contributed by atoms with E-state index < -0.39 is 18.6 Å². The predicted octanol–water partition coefficient (Wildman–Crippen LogP) is 3.95.